The minimum absolute atomic E-state index is 0.102. The zero-order valence-corrected chi connectivity index (χ0v) is 12.0. The summed E-state index contributed by atoms with van der Waals surface area (Å²) in [6.45, 7) is 0.262. The van der Waals surface area contributed by atoms with Crippen molar-refractivity contribution < 1.29 is 14.6 Å². The van der Waals surface area contributed by atoms with E-state index >= 15 is 0 Å². The van der Waals surface area contributed by atoms with E-state index in [0.29, 0.717) is 22.7 Å². The molecular weight excluding hydrogens is 282 g/mol. The van der Waals surface area contributed by atoms with Crippen molar-refractivity contribution >= 4 is 11.6 Å². The number of rotatable bonds is 4. The fourth-order valence-electron chi connectivity index (χ4n) is 2.23. The van der Waals surface area contributed by atoms with Gasteiger partial charge in [0.25, 0.3) is 5.91 Å². The van der Waals surface area contributed by atoms with Crippen molar-refractivity contribution in [1.82, 2.24) is 14.7 Å². The average molecular weight is 297 g/mol. The predicted octanol–water partition coefficient (Wildman–Crippen LogP) is 1.98. The number of hydrogen-bond acceptors (Lipinski definition) is 4. The number of imidazole rings is 1. The summed E-state index contributed by atoms with van der Waals surface area (Å²) in [5.74, 6) is 0.385. The van der Waals surface area contributed by atoms with Crippen molar-refractivity contribution in [3.8, 4) is 11.5 Å². The fraction of sp³-hybridized carbons (Fsp3) is 0.125. The molecule has 0 aliphatic heterocycles. The molecule has 2 heterocycles. The number of hydrogen-bond donors (Lipinski definition) is 2. The molecule has 112 valence electrons. The first kappa shape index (κ1) is 13.9. The molecule has 3 rings (SSSR count). The molecule has 0 aliphatic carbocycles. The lowest BCUT2D eigenvalue weighted by molar-refractivity contribution is 0.0947. The Morgan fingerprint density at radius 3 is 2.91 bits per heavy atom. The minimum Gasteiger partial charge on any atom is -0.504 e. The average Bonchev–Trinajstić information content (AvgIpc) is 2.97. The summed E-state index contributed by atoms with van der Waals surface area (Å²) in [5.41, 5.74) is 1.59. The van der Waals surface area contributed by atoms with Crippen LogP contribution in [0.5, 0.6) is 11.5 Å². The van der Waals surface area contributed by atoms with Crippen LogP contribution < -0.4 is 10.1 Å². The van der Waals surface area contributed by atoms with Crippen LogP contribution in [0.15, 0.2) is 48.8 Å². The molecule has 3 aromatic rings. The standard InChI is InChI=1S/C16H15N3O3/c1-22-14-7-3-2-5-12(14)16(21)17-9-11-10-19-8-4-6-13(20)15(19)18-11/h2-8,10,20H,9H2,1H3,(H,17,21). The molecule has 0 saturated carbocycles. The number of aromatic nitrogens is 2. The molecule has 0 radical (unpaired) electrons. The molecule has 0 spiro atoms. The number of amides is 1. The van der Waals surface area contributed by atoms with Crippen LogP contribution in [0, 0.1) is 0 Å². The number of carbonyl (C=O) groups excluding carboxylic acids is 1. The van der Waals surface area contributed by atoms with Gasteiger partial charge < -0.3 is 19.6 Å². The Morgan fingerprint density at radius 2 is 2.14 bits per heavy atom. The van der Waals surface area contributed by atoms with Crippen LogP contribution in [0.3, 0.4) is 0 Å². The van der Waals surface area contributed by atoms with Gasteiger partial charge in [-0.1, -0.05) is 12.1 Å². The summed E-state index contributed by atoms with van der Waals surface area (Å²) in [6, 6.07) is 10.3. The fourth-order valence-corrected chi connectivity index (χ4v) is 2.23. The van der Waals surface area contributed by atoms with Crippen molar-refractivity contribution in [2.45, 2.75) is 6.54 Å². The van der Waals surface area contributed by atoms with E-state index in [2.05, 4.69) is 10.3 Å². The molecule has 6 heteroatoms. The smallest absolute Gasteiger partial charge is 0.255 e. The summed E-state index contributed by atoms with van der Waals surface area (Å²) in [6.07, 6.45) is 3.55. The van der Waals surface area contributed by atoms with Gasteiger partial charge in [0, 0.05) is 12.4 Å². The van der Waals surface area contributed by atoms with Crippen LogP contribution >= 0.6 is 0 Å². The van der Waals surface area contributed by atoms with Crippen molar-refractivity contribution in [1.29, 1.82) is 0 Å². The minimum atomic E-state index is -0.237. The lowest BCUT2D eigenvalue weighted by Gasteiger charge is -2.07. The van der Waals surface area contributed by atoms with E-state index in [-0.39, 0.29) is 18.2 Å². The normalized spacial score (nSPS) is 10.6. The van der Waals surface area contributed by atoms with Crippen molar-refractivity contribution in [3.63, 3.8) is 0 Å². The summed E-state index contributed by atoms with van der Waals surface area (Å²) in [5, 5.41) is 12.5. The van der Waals surface area contributed by atoms with Gasteiger partial charge in [-0.25, -0.2) is 4.98 Å². The molecule has 0 saturated heterocycles. The predicted molar refractivity (Wildman–Crippen MR) is 81.0 cm³/mol. The second kappa shape index (κ2) is 5.77. The van der Waals surface area contributed by atoms with Gasteiger partial charge in [-0.05, 0) is 24.3 Å². The molecule has 22 heavy (non-hydrogen) atoms. The number of carbonyl (C=O) groups is 1. The van der Waals surface area contributed by atoms with Gasteiger partial charge in [-0.2, -0.15) is 0 Å². The van der Waals surface area contributed by atoms with Gasteiger partial charge in [0.05, 0.1) is 24.9 Å². The van der Waals surface area contributed by atoms with E-state index in [4.69, 9.17) is 4.74 Å². The first-order valence-electron chi connectivity index (χ1n) is 6.76. The van der Waals surface area contributed by atoms with Crippen LogP contribution in [0.25, 0.3) is 5.65 Å². The molecule has 6 nitrogen and oxygen atoms in total. The van der Waals surface area contributed by atoms with Crippen LogP contribution in [-0.2, 0) is 6.54 Å². The Labute approximate surface area is 127 Å². The van der Waals surface area contributed by atoms with Crippen LogP contribution in [0.1, 0.15) is 16.1 Å². The van der Waals surface area contributed by atoms with Gasteiger partial charge in [-0.3, -0.25) is 4.79 Å². The van der Waals surface area contributed by atoms with Crippen molar-refractivity contribution in [2.24, 2.45) is 0 Å². The van der Waals surface area contributed by atoms with Gasteiger partial charge in [0.1, 0.15) is 5.75 Å². The highest BCUT2D eigenvalue weighted by molar-refractivity contribution is 5.96. The molecule has 2 aromatic heterocycles. The highest BCUT2D eigenvalue weighted by Crippen LogP contribution is 2.18. The topological polar surface area (TPSA) is 75.9 Å². The third-order valence-electron chi connectivity index (χ3n) is 3.29. The van der Waals surface area contributed by atoms with Crippen LogP contribution in [0.4, 0.5) is 0 Å². The summed E-state index contributed by atoms with van der Waals surface area (Å²) < 4.78 is 6.88. The monoisotopic (exact) mass is 297 g/mol. The maximum Gasteiger partial charge on any atom is 0.255 e. The van der Waals surface area contributed by atoms with Gasteiger partial charge in [0.2, 0.25) is 0 Å². The molecule has 0 unspecified atom stereocenters. The second-order valence-electron chi connectivity index (χ2n) is 4.74. The maximum absolute atomic E-state index is 12.2. The summed E-state index contributed by atoms with van der Waals surface area (Å²) in [7, 11) is 1.52. The number of nitrogens with one attached hydrogen (secondary N) is 1. The van der Waals surface area contributed by atoms with Crippen LogP contribution in [0.2, 0.25) is 0 Å². The zero-order chi connectivity index (χ0) is 15.5. The molecule has 1 amide bonds. The van der Waals surface area contributed by atoms with E-state index in [1.807, 2.05) is 0 Å². The largest absolute Gasteiger partial charge is 0.504 e. The number of benzene rings is 1. The maximum atomic E-state index is 12.2. The Balaban J connectivity index is 1.76. The van der Waals surface area contributed by atoms with E-state index in [9.17, 15) is 9.90 Å². The number of ether oxygens (including phenoxy) is 1. The number of methoxy groups -OCH3 is 1. The quantitative estimate of drug-likeness (QED) is 0.772. The number of pyridine rings is 1. The molecular formula is C16H15N3O3. The molecule has 0 atom stereocenters. The lowest BCUT2D eigenvalue weighted by Crippen LogP contribution is -2.23. The SMILES string of the molecule is COc1ccccc1C(=O)NCc1cn2cccc(O)c2n1. The molecule has 0 fully saturated rings. The highest BCUT2D eigenvalue weighted by Gasteiger charge is 2.12. The lowest BCUT2D eigenvalue weighted by atomic mass is 10.2. The third kappa shape index (κ3) is 2.58. The first-order chi connectivity index (χ1) is 10.7. The van der Waals surface area contributed by atoms with Crippen molar-refractivity contribution in [2.75, 3.05) is 7.11 Å². The Kier molecular flexibility index (Phi) is 3.65. The number of aromatic hydroxyl groups is 1. The highest BCUT2D eigenvalue weighted by atomic mass is 16.5. The Hall–Kier alpha value is -3.02. The van der Waals surface area contributed by atoms with Gasteiger partial charge >= 0.3 is 0 Å². The van der Waals surface area contributed by atoms with Crippen molar-refractivity contribution in [3.05, 3.63) is 60.0 Å². The number of para-hydroxylation sites is 1. The third-order valence-corrected chi connectivity index (χ3v) is 3.29. The van der Waals surface area contributed by atoms with Crippen LogP contribution in [-0.4, -0.2) is 27.5 Å². The number of nitrogens with zero attached hydrogens (tertiary/aromatic N) is 2. The van der Waals surface area contributed by atoms with E-state index < -0.39 is 0 Å². The molecule has 1 aromatic carbocycles. The van der Waals surface area contributed by atoms with E-state index in [1.165, 1.54) is 7.11 Å². The molecule has 0 bridgehead atoms. The van der Waals surface area contributed by atoms with E-state index in [1.54, 1.807) is 53.2 Å². The zero-order valence-electron chi connectivity index (χ0n) is 12.0. The summed E-state index contributed by atoms with van der Waals surface area (Å²) in [4.78, 5) is 16.5. The van der Waals surface area contributed by atoms with Gasteiger partial charge in [0.15, 0.2) is 11.4 Å². The number of fused-ring (bicyclic) bond motifs is 1. The Morgan fingerprint density at radius 1 is 1.32 bits per heavy atom. The van der Waals surface area contributed by atoms with E-state index in [0.717, 1.165) is 0 Å². The summed E-state index contributed by atoms with van der Waals surface area (Å²) >= 11 is 0. The Bertz CT molecular complexity index is 826. The molecule has 2 N–H and O–H groups in total. The first-order valence-corrected chi connectivity index (χ1v) is 6.76. The second-order valence-corrected chi connectivity index (χ2v) is 4.74. The van der Waals surface area contributed by atoms with Gasteiger partial charge in [-0.15, -0.1) is 0 Å². The molecule has 0 aliphatic rings.